The van der Waals surface area contributed by atoms with Gasteiger partial charge in [-0.3, -0.25) is 4.79 Å². The fourth-order valence-electron chi connectivity index (χ4n) is 3.31. The maximum Gasteiger partial charge on any atom is 0.345 e. The number of hydrogen-bond donors (Lipinski definition) is 2. The van der Waals surface area contributed by atoms with Gasteiger partial charge in [0, 0.05) is 30.7 Å². The predicted molar refractivity (Wildman–Crippen MR) is 116 cm³/mol. The average Bonchev–Trinajstić information content (AvgIpc) is 3.27. The zero-order valence-electron chi connectivity index (χ0n) is 17.8. The topological polar surface area (TPSA) is 77.8 Å². The van der Waals surface area contributed by atoms with E-state index in [1.54, 1.807) is 6.07 Å². The second-order valence-electron chi connectivity index (χ2n) is 7.81. The summed E-state index contributed by atoms with van der Waals surface area (Å²) in [4.78, 5) is 25.3. The SMILES string of the molecule is CCCC#CC[C@H](C)[C@H](O)C=CC1CC(F)(F)C(=O)N1CCCc1ccc(C(=O)O)s1. The number of aliphatic hydroxyl groups excluding tert-OH is 1. The summed E-state index contributed by atoms with van der Waals surface area (Å²) in [6.07, 6.45) is 4.76. The van der Waals surface area contributed by atoms with E-state index in [1.807, 2.05) is 13.8 Å². The lowest BCUT2D eigenvalue weighted by Gasteiger charge is -2.22. The van der Waals surface area contributed by atoms with E-state index in [-0.39, 0.29) is 17.3 Å². The predicted octanol–water partition coefficient (Wildman–Crippen LogP) is 4.36. The molecule has 1 aliphatic rings. The molecule has 0 aliphatic carbocycles. The molecule has 1 aromatic heterocycles. The summed E-state index contributed by atoms with van der Waals surface area (Å²) >= 11 is 1.14. The molecular weight excluding hydrogens is 424 g/mol. The highest BCUT2D eigenvalue weighted by Crippen LogP contribution is 2.34. The number of carbonyl (C=O) groups excluding carboxylic acids is 1. The smallest absolute Gasteiger partial charge is 0.345 e. The molecule has 2 rings (SSSR count). The minimum absolute atomic E-state index is 0.137. The highest BCUT2D eigenvalue weighted by atomic mass is 32.1. The van der Waals surface area contributed by atoms with Crippen molar-refractivity contribution in [3.8, 4) is 11.8 Å². The molecule has 1 unspecified atom stereocenters. The van der Waals surface area contributed by atoms with Gasteiger partial charge in [-0.15, -0.1) is 23.2 Å². The van der Waals surface area contributed by atoms with Crippen molar-refractivity contribution in [3.05, 3.63) is 34.0 Å². The fourth-order valence-corrected chi connectivity index (χ4v) is 4.20. The van der Waals surface area contributed by atoms with Gasteiger partial charge >= 0.3 is 11.9 Å². The van der Waals surface area contributed by atoms with Crippen molar-refractivity contribution >= 4 is 23.2 Å². The molecule has 1 amide bonds. The number of aryl methyl sites for hydroxylation is 1. The van der Waals surface area contributed by atoms with Crippen LogP contribution in [0, 0.1) is 17.8 Å². The van der Waals surface area contributed by atoms with Crippen LogP contribution in [0.3, 0.4) is 0 Å². The quantitative estimate of drug-likeness (QED) is 0.408. The van der Waals surface area contributed by atoms with Gasteiger partial charge in [-0.25, -0.2) is 4.79 Å². The van der Waals surface area contributed by atoms with Gasteiger partial charge in [0.25, 0.3) is 5.91 Å². The number of alkyl halides is 2. The van der Waals surface area contributed by atoms with Gasteiger partial charge in [0.1, 0.15) is 4.88 Å². The van der Waals surface area contributed by atoms with Crippen LogP contribution in [0.5, 0.6) is 0 Å². The van der Waals surface area contributed by atoms with E-state index in [9.17, 15) is 23.5 Å². The number of unbranched alkanes of at least 4 members (excludes halogenated alkanes) is 1. The number of amides is 1. The van der Waals surface area contributed by atoms with Gasteiger partial charge in [0.15, 0.2) is 0 Å². The number of carboxylic acids is 1. The monoisotopic (exact) mass is 453 g/mol. The molecule has 1 saturated heterocycles. The Bertz CT molecular complexity index is 855. The molecule has 3 atom stereocenters. The van der Waals surface area contributed by atoms with Crippen molar-refractivity contribution in [2.24, 2.45) is 5.92 Å². The van der Waals surface area contributed by atoms with Crippen LogP contribution in [0.1, 0.15) is 60.5 Å². The molecule has 2 N–H and O–H groups in total. The van der Waals surface area contributed by atoms with Crippen LogP contribution in [-0.2, 0) is 11.2 Å². The van der Waals surface area contributed by atoms with Gasteiger partial charge in [-0.2, -0.15) is 8.78 Å². The lowest BCUT2D eigenvalue weighted by atomic mass is 9.99. The van der Waals surface area contributed by atoms with E-state index in [2.05, 4.69) is 11.8 Å². The number of aromatic carboxylic acids is 1. The van der Waals surface area contributed by atoms with E-state index in [1.165, 1.54) is 18.2 Å². The maximum atomic E-state index is 14.0. The lowest BCUT2D eigenvalue weighted by molar-refractivity contribution is -0.148. The van der Waals surface area contributed by atoms with Crippen LogP contribution in [0.2, 0.25) is 0 Å². The number of halogens is 2. The number of hydrogen-bond acceptors (Lipinski definition) is 4. The number of likely N-dealkylation sites (tertiary alicyclic amines) is 1. The first-order valence-electron chi connectivity index (χ1n) is 10.5. The Hall–Kier alpha value is -2.24. The number of thiophene rings is 1. The Balaban J connectivity index is 1.95. The highest BCUT2D eigenvalue weighted by molar-refractivity contribution is 7.13. The van der Waals surface area contributed by atoms with Gasteiger partial charge in [0.05, 0.1) is 12.1 Å². The molecule has 2 heterocycles. The van der Waals surface area contributed by atoms with Crippen LogP contribution in [0.4, 0.5) is 8.78 Å². The normalized spacial score (nSPS) is 20.0. The molecule has 31 heavy (non-hydrogen) atoms. The maximum absolute atomic E-state index is 14.0. The standard InChI is InChI=1S/C23H29F2NO4S/c1-3-4-5-6-8-16(2)19(27)12-10-17-15-23(24,25)22(30)26(17)14-7-9-18-11-13-20(31-18)21(28)29/h10-13,16-17,19,27H,3-4,7-9,14-15H2,1-2H3,(H,28,29)/t16-,17?,19+/m0/s1. The summed E-state index contributed by atoms with van der Waals surface area (Å²) < 4.78 is 28.1. The first-order chi connectivity index (χ1) is 14.7. The van der Waals surface area contributed by atoms with Crippen LogP contribution < -0.4 is 0 Å². The van der Waals surface area contributed by atoms with Crippen LogP contribution >= 0.6 is 11.3 Å². The third-order valence-corrected chi connectivity index (χ3v) is 6.30. The fraction of sp³-hybridized carbons (Fsp3) is 0.565. The molecule has 1 fully saturated rings. The summed E-state index contributed by atoms with van der Waals surface area (Å²) in [7, 11) is 0. The molecular formula is C23H29F2NO4S. The summed E-state index contributed by atoms with van der Waals surface area (Å²) in [5.41, 5.74) is 0. The minimum Gasteiger partial charge on any atom is -0.477 e. The second-order valence-corrected chi connectivity index (χ2v) is 8.98. The Kier molecular flexibility index (Phi) is 9.20. The highest BCUT2D eigenvalue weighted by Gasteiger charge is 2.52. The van der Waals surface area contributed by atoms with Gasteiger partial charge in [0.2, 0.25) is 0 Å². The lowest BCUT2D eigenvalue weighted by Crippen LogP contribution is -2.36. The summed E-state index contributed by atoms with van der Waals surface area (Å²) in [5.74, 6) is 0.263. The molecule has 170 valence electrons. The first kappa shape index (κ1) is 25.0. The van der Waals surface area contributed by atoms with Gasteiger partial charge < -0.3 is 15.1 Å². The van der Waals surface area contributed by atoms with Gasteiger partial charge in [-0.1, -0.05) is 26.0 Å². The summed E-state index contributed by atoms with van der Waals surface area (Å²) in [6, 6.07) is 2.43. The van der Waals surface area contributed by atoms with E-state index in [0.717, 1.165) is 34.0 Å². The first-order valence-corrected chi connectivity index (χ1v) is 11.3. The number of carboxylic acid groups (broad SMARTS) is 1. The molecule has 0 radical (unpaired) electrons. The van der Waals surface area contributed by atoms with E-state index >= 15 is 0 Å². The Morgan fingerprint density at radius 1 is 1.42 bits per heavy atom. The van der Waals surface area contributed by atoms with Crippen molar-refractivity contribution in [3.63, 3.8) is 0 Å². The molecule has 1 aromatic rings. The molecule has 8 heteroatoms. The third-order valence-electron chi connectivity index (χ3n) is 5.17. The van der Waals surface area contributed by atoms with Crippen molar-refractivity contribution in [1.29, 1.82) is 0 Å². The van der Waals surface area contributed by atoms with Crippen LogP contribution in [0.25, 0.3) is 0 Å². The molecule has 0 bridgehead atoms. The largest absolute Gasteiger partial charge is 0.477 e. The number of rotatable bonds is 10. The van der Waals surface area contributed by atoms with Crippen molar-refractivity contribution in [2.75, 3.05) is 6.54 Å². The number of carbonyl (C=O) groups is 2. The van der Waals surface area contributed by atoms with E-state index < -0.39 is 36.4 Å². The molecule has 0 aromatic carbocycles. The van der Waals surface area contributed by atoms with Crippen molar-refractivity contribution < 1.29 is 28.6 Å². The van der Waals surface area contributed by atoms with Crippen LogP contribution in [-0.4, -0.2) is 51.6 Å². The Morgan fingerprint density at radius 2 is 2.16 bits per heavy atom. The number of aliphatic hydroxyl groups is 1. The van der Waals surface area contributed by atoms with Crippen molar-refractivity contribution in [1.82, 2.24) is 4.90 Å². The second kappa shape index (κ2) is 11.4. The zero-order valence-corrected chi connectivity index (χ0v) is 18.6. The van der Waals surface area contributed by atoms with Gasteiger partial charge in [-0.05, 0) is 37.3 Å². The number of nitrogens with zero attached hydrogens (tertiary/aromatic N) is 1. The zero-order chi connectivity index (χ0) is 23.0. The van der Waals surface area contributed by atoms with E-state index in [0.29, 0.717) is 19.3 Å². The Morgan fingerprint density at radius 3 is 2.81 bits per heavy atom. The molecule has 0 saturated carbocycles. The average molecular weight is 454 g/mol. The minimum atomic E-state index is -3.42. The Labute approximate surface area is 185 Å². The summed E-state index contributed by atoms with van der Waals surface area (Å²) in [5, 5.41) is 19.3. The molecule has 5 nitrogen and oxygen atoms in total. The molecule has 1 aliphatic heterocycles. The van der Waals surface area contributed by atoms with E-state index in [4.69, 9.17) is 5.11 Å². The third kappa shape index (κ3) is 7.15. The van der Waals surface area contributed by atoms with Crippen LogP contribution in [0.15, 0.2) is 24.3 Å². The summed E-state index contributed by atoms with van der Waals surface area (Å²) in [6.45, 7) is 4.01. The molecule has 0 spiro atoms. The van der Waals surface area contributed by atoms with Crippen molar-refractivity contribution in [2.45, 2.75) is 70.4 Å².